The van der Waals surface area contributed by atoms with Gasteiger partial charge in [-0.15, -0.1) is 11.8 Å². The van der Waals surface area contributed by atoms with Crippen molar-refractivity contribution in [3.05, 3.63) is 119 Å². The predicted molar refractivity (Wildman–Crippen MR) is 268 cm³/mol. The van der Waals surface area contributed by atoms with Gasteiger partial charge in [0.15, 0.2) is 9.84 Å². The first kappa shape index (κ1) is 49.0. The molecule has 15 heteroatoms. The first-order valence-electron chi connectivity index (χ1n) is 22.7. The summed E-state index contributed by atoms with van der Waals surface area (Å²) in [6.45, 7) is 11.9. The van der Waals surface area contributed by atoms with Gasteiger partial charge in [0, 0.05) is 84.5 Å². The molecule has 65 heavy (non-hydrogen) atoms. The highest BCUT2D eigenvalue weighted by atomic mass is 35.5. The zero-order chi connectivity index (χ0) is 46.4. The molecule has 2 fully saturated rings. The topological polar surface area (TPSA) is 122 Å². The normalized spacial score (nSPS) is 18.5. The fourth-order valence-corrected chi connectivity index (χ4v) is 12.3. The van der Waals surface area contributed by atoms with Crippen molar-refractivity contribution in [3.8, 4) is 0 Å². The quantitative estimate of drug-likeness (QED) is 0.0990. The van der Waals surface area contributed by atoms with Crippen molar-refractivity contribution < 1.29 is 21.6 Å². The van der Waals surface area contributed by atoms with E-state index in [0.29, 0.717) is 17.5 Å². The smallest absolute Gasteiger partial charge is 0.264 e. The summed E-state index contributed by atoms with van der Waals surface area (Å²) in [4.78, 5) is 23.6. The highest BCUT2D eigenvalue weighted by Gasteiger charge is 2.30. The summed E-state index contributed by atoms with van der Waals surface area (Å²) in [5, 5.41) is 4.22. The zero-order valence-electron chi connectivity index (χ0n) is 38.4. The lowest BCUT2D eigenvalue weighted by atomic mass is 9.73. The van der Waals surface area contributed by atoms with Crippen molar-refractivity contribution in [2.75, 3.05) is 88.7 Å². The Morgan fingerprint density at radius 2 is 1.54 bits per heavy atom. The van der Waals surface area contributed by atoms with Gasteiger partial charge >= 0.3 is 0 Å². The summed E-state index contributed by atoms with van der Waals surface area (Å²) in [7, 11) is -4.06. The van der Waals surface area contributed by atoms with Crippen molar-refractivity contribution >= 4 is 66.1 Å². The van der Waals surface area contributed by atoms with Crippen LogP contribution in [0.2, 0.25) is 5.02 Å². The van der Waals surface area contributed by atoms with E-state index in [1.807, 2.05) is 42.5 Å². The van der Waals surface area contributed by atoms with Gasteiger partial charge in [-0.3, -0.25) is 9.69 Å². The lowest BCUT2D eigenvalue weighted by Gasteiger charge is -2.39. The Morgan fingerprint density at radius 1 is 0.862 bits per heavy atom. The summed E-state index contributed by atoms with van der Waals surface area (Å²) in [5.74, 6) is -0.117. The van der Waals surface area contributed by atoms with Crippen LogP contribution in [-0.4, -0.2) is 128 Å². The Morgan fingerprint density at radius 3 is 2.18 bits per heavy atom. The van der Waals surface area contributed by atoms with Crippen molar-refractivity contribution in [2.45, 2.75) is 79.1 Å². The Balaban J connectivity index is 0.976. The Labute approximate surface area is 396 Å². The number of carbonyl (C=O) groups is 1. The molecule has 0 spiro atoms. The van der Waals surface area contributed by atoms with Crippen LogP contribution in [0.5, 0.6) is 0 Å². The molecule has 1 aliphatic carbocycles. The fourth-order valence-electron chi connectivity index (χ4n) is 9.29. The predicted octanol–water partition coefficient (Wildman–Crippen LogP) is 8.64. The number of piperazine rings is 1. The van der Waals surface area contributed by atoms with Gasteiger partial charge in [0.25, 0.3) is 15.9 Å². The second kappa shape index (κ2) is 21.4. The number of nitrogens with one attached hydrogen (secondary N) is 2. The van der Waals surface area contributed by atoms with E-state index in [0.717, 1.165) is 119 Å². The maximum absolute atomic E-state index is 13.7. The molecule has 2 heterocycles. The molecule has 0 radical (unpaired) electrons. The van der Waals surface area contributed by atoms with Gasteiger partial charge in [-0.1, -0.05) is 61.4 Å². The molecular formula is C50H65ClN6O5S3. The maximum atomic E-state index is 13.7. The van der Waals surface area contributed by atoms with Crippen LogP contribution in [-0.2, 0) is 19.9 Å². The molecule has 350 valence electrons. The number of likely N-dealkylation sites (tertiary alicyclic amines) is 1. The first-order chi connectivity index (χ1) is 30.9. The summed E-state index contributed by atoms with van der Waals surface area (Å²) in [5.41, 5.74) is 5.94. The highest BCUT2D eigenvalue weighted by molar-refractivity contribution is 7.99. The van der Waals surface area contributed by atoms with Crippen molar-refractivity contribution in [3.63, 3.8) is 0 Å². The van der Waals surface area contributed by atoms with Gasteiger partial charge in [-0.25, -0.2) is 21.6 Å². The number of thioether (sulfide) groups is 1. The molecule has 1 atom stereocenters. The number of sulfone groups is 1. The van der Waals surface area contributed by atoms with Crippen LogP contribution < -0.4 is 14.9 Å². The minimum atomic E-state index is -4.43. The number of amides is 1. The van der Waals surface area contributed by atoms with E-state index in [1.54, 1.807) is 23.9 Å². The van der Waals surface area contributed by atoms with Gasteiger partial charge in [0.1, 0.15) is 0 Å². The van der Waals surface area contributed by atoms with Gasteiger partial charge in [-0.05, 0) is 149 Å². The van der Waals surface area contributed by atoms with Crippen molar-refractivity contribution in [2.24, 2.45) is 5.41 Å². The maximum Gasteiger partial charge on any atom is 0.264 e. The van der Waals surface area contributed by atoms with Crippen LogP contribution >= 0.6 is 23.4 Å². The van der Waals surface area contributed by atoms with Gasteiger partial charge in [0.2, 0.25) is 0 Å². The van der Waals surface area contributed by atoms with E-state index < -0.39 is 25.8 Å². The number of allylic oxidation sites excluding steroid dienone is 1. The largest absolute Gasteiger partial charge is 0.380 e. The molecule has 3 aliphatic rings. The molecule has 0 saturated carbocycles. The van der Waals surface area contributed by atoms with Crippen LogP contribution in [0.4, 0.5) is 11.4 Å². The minimum Gasteiger partial charge on any atom is -0.380 e. The average molecular weight is 962 g/mol. The third-order valence-electron chi connectivity index (χ3n) is 13.2. The molecule has 4 aromatic rings. The van der Waals surface area contributed by atoms with Crippen LogP contribution in [0.1, 0.15) is 68.3 Å². The zero-order valence-corrected chi connectivity index (χ0v) is 41.6. The summed E-state index contributed by atoms with van der Waals surface area (Å²) >= 11 is 7.90. The van der Waals surface area contributed by atoms with E-state index in [4.69, 9.17) is 11.6 Å². The Hall–Kier alpha value is -3.89. The van der Waals surface area contributed by atoms with E-state index in [2.05, 4.69) is 81.8 Å². The van der Waals surface area contributed by atoms with E-state index in [1.165, 1.54) is 28.8 Å². The first-order valence-corrected chi connectivity index (χ1v) is 27.4. The van der Waals surface area contributed by atoms with Gasteiger partial charge < -0.3 is 20.0 Å². The average Bonchev–Trinajstić information content (AvgIpc) is 3.28. The van der Waals surface area contributed by atoms with E-state index >= 15 is 0 Å². The van der Waals surface area contributed by atoms with Gasteiger partial charge in [0.05, 0.1) is 15.5 Å². The fraction of sp³-hybridized carbons (Fsp3) is 0.460. The lowest BCUT2D eigenvalue weighted by molar-refractivity contribution is 0.0981. The van der Waals surface area contributed by atoms with Crippen molar-refractivity contribution in [1.82, 2.24) is 19.4 Å². The van der Waals surface area contributed by atoms with E-state index in [-0.39, 0.29) is 26.8 Å². The second-order valence-electron chi connectivity index (χ2n) is 18.9. The number of hydrogen-bond acceptors (Lipinski definition) is 11. The lowest BCUT2D eigenvalue weighted by Crippen LogP contribution is -2.47. The van der Waals surface area contributed by atoms with Crippen LogP contribution in [0.15, 0.2) is 117 Å². The van der Waals surface area contributed by atoms with Gasteiger partial charge in [-0.2, -0.15) is 0 Å². The minimum absolute atomic E-state index is 0.109. The number of piperidine rings is 1. The number of hydrogen-bond donors (Lipinski definition) is 2. The highest BCUT2D eigenvalue weighted by Crippen LogP contribution is 2.43. The molecule has 0 unspecified atom stereocenters. The summed E-state index contributed by atoms with van der Waals surface area (Å²) in [6, 6.07) is 29.7. The van der Waals surface area contributed by atoms with Crippen molar-refractivity contribution in [1.29, 1.82) is 0 Å². The standard InChI is InChI=1S/C50H65ClN6O5S3/c1-50(2)25-21-46(37-11-15-40(51)16-12-37)39(34-50)35-56-29-31-57(32-30-56)43-17-13-38(14-18-43)49(58)53-65(61,62)45-19-20-47(48(33-45)64(5,59)60)52-41(36-63-44-9-7-6-8-10-44)22-26-55-27-23-42(24-28-55)54(3)4/h6-20,33,41-42,52H,21-32,34-36H2,1-5H3,(H,53,58)/t41-/m1/s1. The number of carbonyl (C=O) groups excluding carboxylic acids is 1. The molecule has 2 saturated heterocycles. The molecule has 7 rings (SSSR count). The third kappa shape index (κ3) is 13.4. The molecule has 1 amide bonds. The summed E-state index contributed by atoms with van der Waals surface area (Å²) in [6.07, 6.45) is 7.32. The molecule has 2 aliphatic heterocycles. The second-order valence-corrected chi connectivity index (χ2v) is 24.1. The molecule has 0 bridgehead atoms. The Bertz CT molecular complexity index is 2500. The molecule has 4 aromatic carbocycles. The van der Waals surface area contributed by atoms with Crippen LogP contribution in [0, 0.1) is 5.41 Å². The Kier molecular flexibility index (Phi) is 16.1. The van der Waals surface area contributed by atoms with E-state index in [9.17, 15) is 21.6 Å². The summed E-state index contributed by atoms with van der Waals surface area (Å²) < 4.78 is 56.0. The number of anilines is 2. The number of halogens is 1. The number of sulfonamides is 1. The molecule has 11 nitrogen and oxygen atoms in total. The molecule has 2 N–H and O–H groups in total. The SMILES string of the molecule is CN(C)C1CCN(CC[C@H](CSc2ccccc2)Nc2ccc(S(=O)(=O)NC(=O)c3ccc(N4CCN(CC5=C(c6ccc(Cl)cc6)CCC(C)(C)C5)CC4)cc3)cc2S(C)(=O)=O)CC1. The monoisotopic (exact) mass is 960 g/mol. The molecular weight excluding hydrogens is 896 g/mol. The van der Waals surface area contributed by atoms with Crippen LogP contribution in [0.3, 0.4) is 0 Å². The number of rotatable bonds is 17. The third-order valence-corrected chi connectivity index (χ3v) is 17.1. The van der Waals surface area contributed by atoms with Crippen LogP contribution in [0.25, 0.3) is 5.57 Å². The number of nitrogens with zero attached hydrogens (tertiary/aromatic N) is 4. The molecule has 0 aromatic heterocycles. The number of benzene rings is 4.